The van der Waals surface area contributed by atoms with Crippen LogP contribution in [-0.4, -0.2) is 56.8 Å². The van der Waals surface area contributed by atoms with Crippen LogP contribution in [0.1, 0.15) is 10.4 Å². The Bertz CT molecular complexity index is 960. The van der Waals surface area contributed by atoms with Gasteiger partial charge in [0.05, 0.1) is 10.6 Å². The van der Waals surface area contributed by atoms with Crippen molar-refractivity contribution < 1.29 is 17.6 Å². The van der Waals surface area contributed by atoms with Crippen molar-refractivity contribution in [2.24, 2.45) is 0 Å². The van der Waals surface area contributed by atoms with E-state index >= 15 is 0 Å². The zero-order valence-corrected chi connectivity index (χ0v) is 17.1. The molecule has 1 fully saturated rings. The summed E-state index contributed by atoms with van der Waals surface area (Å²) in [7, 11) is -1.74. The molecule has 1 amide bonds. The maximum atomic E-state index is 13.9. The number of hydrogen-bond donors (Lipinski definition) is 1. The van der Waals surface area contributed by atoms with Crippen LogP contribution in [0.5, 0.6) is 0 Å². The molecule has 0 atom stereocenters. The maximum absolute atomic E-state index is 13.9. The van der Waals surface area contributed by atoms with Gasteiger partial charge < -0.3 is 10.2 Å². The Morgan fingerprint density at radius 2 is 1.81 bits per heavy atom. The van der Waals surface area contributed by atoms with E-state index in [1.165, 1.54) is 40.7 Å². The number of sulfonamides is 1. The largest absolute Gasteiger partial charge is 0.319 e. The molecule has 2 aromatic carbocycles. The van der Waals surface area contributed by atoms with E-state index in [1.54, 1.807) is 6.07 Å². The van der Waals surface area contributed by atoms with Crippen molar-refractivity contribution in [2.45, 2.75) is 4.90 Å². The van der Waals surface area contributed by atoms with Gasteiger partial charge in [0.15, 0.2) is 0 Å². The molecule has 2 aromatic rings. The quantitative estimate of drug-likeness (QED) is 0.769. The molecule has 1 aliphatic rings. The lowest BCUT2D eigenvalue weighted by molar-refractivity contribution is 0.102. The van der Waals surface area contributed by atoms with E-state index in [4.69, 9.17) is 0 Å². The molecule has 0 radical (unpaired) electrons. The number of carbonyl (C=O) groups is 1. The third kappa shape index (κ3) is 4.55. The number of benzene rings is 2. The Morgan fingerprint density at radius 1 is 1.11 bits per heavy atom. The Balaban J connectivity index is 1.81. The first-order valence-electron chi connectivity index (χ1n) is 8.32. The van der Waals surface area contributed by atoms with Gasteiger partial charge in [0.25, 0.3) is 5.91 Å². The summed E-state index contributed by atoms with van der Waals surface area (Å²) in [4.78, 5) is 14.6. The lowest BCUT2D eigenvalue weighted by Gasteiger charge is -2.31. The zero-order chi connectivity index (χ0) is 19.6. The van der Waals surface area contributed by atoms with Crippen molar-refractivity contribution in [1.29, 1.82) is 0 Å². The summed E-state index contributed by atoms with van der Waals surface area (Å²) in [6, 6.07) is 10.1. The summed E-state index contributed by atoms with van der Waals surface area (Å²) in [6.07, 6.45) is 0. The van der Waals surface area contributed by atoms with Crippen molar-refractivity contribution >= 4 is 37.5 Å². The van der Waals surface area contributed by atoms with Crippen LogP contribution in [0.25, 0.3) is 0 Å². The second-order valence-electron chi connectivity index (χ2n) is 6.31. The highest BCUT2D eigenvalue weighted by Crippen LogP contribution is 2.22. The predicted molar refractivity (Wildman–Crippen MR) is 105 cm³/mol. The van der Waals surface area contributed by atoms with Gasteiger partial charge >= 0.3 is 0 Å². The number of likely N-dealkylation sites (N-methyl/N-ethyl adjacent to an activating group) is 1. The monoisotopic (exact) mass is 455 g/mol. The van der Waals surface area contributed by atoms with Crippen LogP contribution in [0.3, 0.4) is 0 Å². The minimum Gasteiger partial charge on any atom is -0.319 e. The normalized spacial score (nSPS) is 16.3. The number of piperazine rings is 1. The average Bonchev–Trinajstić information content (AvgIpc) is 2.64. The number of rotatable bonds is 4. The van der Waals surface area contributed by atoms with Crippen molar-refractivity contribution in [3.05, 3.63) is 58.3 Å². The fraction of sp³-hybridized carbons (Fsp3) is 0.278. The summed E-state index contributed by atoms with van der Waals surface area (Å²) in [5.74, 6) is -1.16. The number of amides is 1. The van der Waals surface area contributed by atoms with Crippen LogP contribution < -0.4 is 5.32 Å². The third-order valence-electron chi connectivity index (χ3n) is 4.38. The van der Waals surface area contributed by atoms with Gasteiger partial charge in [-0.2, -0.15) is 4.31 Å². The molecule has 1 aliphatic heterocycles. The van der Waals surface area contributed by atoms with Crippen molar-refractivity contribution in [2.75, 3.05) is 38.5 Å². The molecule has 27 heavy (non-hydrogen) atoms. The van der Waals surface area contributed by atoms with Crippen LogP contribution in [0.2, 0.25) is 0 Å². The van der Waals surface area contributed by atoms with Gasteiger partial charge in [-0.1, -0.05) is 22.0 Å². The van der Waals surface area contributed by atoms with Crippen LogP contribution >= 0.6 is 15.9 Å². The number of hydrogen-bond acceptors (Lipinski definition) is 4. The highest BCUT2D eigenvalue weighted by atomic mass is 79.9. The summed E-state index contributed by atoms with van der Waals surface area (Å²) in [5, 5.41) is 2.47. The molecule has 6 nitrogen and oxygen atoms in total. The lowest BCUT2D eigenvalue weighted by atomic mass is 10.2. The lowest BCUT2D eigenvalue weighted by Crippen LogP contribution is -2.47. The topological polar surface area (TPSA) is 69.7 Å². The van der Waals surface area contributed by atoms with Gasteiger partial charge in [0.2, 0.25) is 10.0 Å². The first-order chi connectivity index (χ1) is 12.8. The number of halogens is 2. The second-order valence-corrected chi connectivity index (χ2v) is 9.17. The summed E-state index contributed by atoms with van der Waals surface area (Å²) < 4.78 is 41.5. The molecule has 0 aliphatic carbocycles. The fourth-order valence-corrected chi connectivity index (χ4v) is 4.56. The first-order valence-corrected chi connectivity index (χ1v) is 10.6. The van der Waals surface area contributed by atoms with Crippen LogP contribution in [-0.2, 0) is 10.0 Å². The van der Waals surface area contributed by atoms with E-state index in [0.29, 0.717) is 30.7 Å². The number of nitrogens with zero attached hydrogens (tertiary/aromatic N) is 2. The van der Waals surface area contributed by atoms with Crippen molar-refractivity contribution in [3.63, 3.8) is 0 Å². The summed E-state index contributed by atoms with van der Waals surface area (Å²) >= 11 is 3.15. The van der Waals surface area contributed by atoms with Gasteiger partial charge in [-0.25, -0.2) is 12.8 Å². The highest BCUT2D eigenvalue weighted by Gasteiger charge is 2.28. The minimum atomic E-state index is -3.68. The molecule has 0 bridgehead atoms. The van der Waals surface area contributed by atoms with Crippen LogP contribution in [0.4, 0.5) is 10.1 Å². The summed E-state index contributed by atoms with van der Waals surface area (Å²) in [5.41, 5.74) is 0.169. The van der Waals surface area contributed by atoms with Gasteiger partial charge in [0, 0.05) is 36.2 Å². The molecule has 1 heterocycles. The predicted octanol–water partition coefficient (Wildman–Crippen LogP) is 2.78. The third-order valence-corrected chi connectivity index (χ3v) is 6.76. The van der Waals surface area contributed by atoms with E-state index in [0.717, 1.165) is 0 Å². The van der Waals surface area contributed by atoms with Crippen molar-refractivity contribution in [3.8, 4) is 0 Å². The maximum Gasteiger partial charge on any atom is 0.255 e. The Morgan fingerprint density at radius 3 is 2.48 bits per heavy atom. The Hall–Kier alpha value is -1.81. The highest BCUT2D eigenvalue weighted by molar-refractivity contribution is 9.10. The second kappa shape index (κ2) is 8.05. The van der Waals surface area contributed by atoms with E-state index in [2.05, 4.69) is 26.1 Å². The smallest absolute Gasteiger partial charge is 0.255 e. The molecular formula is C18H19BrFN3O3S. The van der Waals surface area contributed by atoms with Crippen LogP contribution in [0.15, 0.2) is 51.8 Å². The summed E-state index contributed by atoms with van der Waals surface area (Å²) in [6.45, 7) is 2.11. The first kappa shape index (κ1) is 19.9. The van der Waals surface area contributed by atoms with Gasteiger partial charge in [-0.15, -0.1) is 0 Å². The molecule has 0 spiro atoms. The number of anilines is 1. The zero-order valence-electron chi connectivity index (χ0n) is 14.7. The van der Waals surface area contributed by atoms with Crippen LogP contribution in [0, 0.1) is 5.82 Å². The Kier molecular flexibility index (Phi) is 5.95. The molecule has 0 saturated carbocycles. The van der Waals surface area contributed by atoms with E-state index in [1.807, 2.05) is 7.05 Å². The fourth-order valence-electron chi connectivity index (χ4n) is 2.76. The molecule has 144 valence electrons. The molecule has 9 heteroatoms. The number of carbonyl (C=O) groups excluding carboxylic acids is 1. The van der Waals surface area contributed by atoms with Gasteiger partial charge in [0.1, 0.15) is 5.82 Å². The molecule has 0 aromatic heterocycles. The van der Waals surface area contributed by atoms with Crippen molar-refractivity contribution in [1.82, 2.24) is 9.21 Å². The van der Waals surface area contributed by atoms with E-state index < -0.39 is 21.7 Å². The molecule has 0 unspecified atom stereocenters. The number of nitrogens with one attached hydrogen (secondary N) is 1. The van der Waals surface area contributed by atoms with Gasteiger partial charge in [-0.3, -0.25) is 4.79 Å². The minimum absolute atomic E-state index is 0.0236. The standard InChI is InChI=1S/C18H19BrFN3O3S/c1-22-7-9-23(10-8-22)27(25,26)15-4-2-3-13(11-15)18(24)21-17-6-5-14(19)12-16(17)20/h2-6,11-12H,7-10H2,1H3,(H,21,24). The molecule has 1 N–H and O–H groups in total. The molecule has 3 rings (SSSR count). The molecular weight excluding hydrogens is 437 g/mol. The average molecular weight is 456 g/mol. The molecule has 1 saturated heterocycles. The van der Waals surface area contributed by atoms with Gasteiger partial charge in [-0.05, 0) is 43.4 Å². The SMILES string of the molecule is CN1CCN(S(=O)(=O)c2cccc(C(=O)Nc3ccc(Br)cc3F)c2)CC1. The van der Waals surface area contributed by atoms with E-state index in [9.17, 15) is 17.6 Å². The van der Waals surface area contributed by atoms with E-state index in [-0.39, 0.29) is 16.1 Å². The Labute approximate surface area is 166 Å².